The van der Waals surface area contributed by atoms with Gasteiger partial charge in [0.1, 0.15) is 4.90 Å². The van der Waals surface area contributed by atoms with Gasteiger partial charge in [-0.15, -0.1) is 0 Å². The van der Waals surface area contributed by atoms with Gasteiger partial charge in [0.05, 0.1) is 11.9 Å². The summed E-state index contributed by atoms with van der Waals surface area (Å²) < 4.78 is 26.5. The molecule has 0 aromatic carbocycles. The van der Waals surface area contributed by atoms with Crippen molar-refractivity contribution in [3.05, 3.63) is 11.9 Å². The minimum Gasteiger partial charge on any atom is -0.314 e. The molecule has 0 unspecified atom stereocenters. The number of H-pyrrole nitrogens is 1. The Morgan fingerprint density at radius 1 is 1.44 bits per heavy atom. The minimum absolute atomic E-state index is 0.225. The first-order valence-electron chi connectivity index (χ1n) is 6.02. The van der Waals surface area contributed by atoms with Crippen LogP contribution < -0.4 is 10.0 Å². The number of hydrogen-bond acceptors (Lipinski definition) is 5. The maximum Gasteiger partial charge on any atom is 0.243 e. The lowest BCUT2D eigenvalue weighted by atomic mass is 10.3. The van der Waals surface area contributed by atoms with Gasteiger partial charge >= 0.3 is 0 Å². The van der Waals surface area contributed by atoms with E-state index in [2.05, 4.69) is 25.1 Å². The van der Waals surface area contributed by atoms with E-state index in [9.17, 15) is 8.42 Å². The number of aromatic amines is 1. The lowest BCUT2D eigenvalue weighted by Crippen LogP contribution is -2.46. The highest BCUT2D eigenvalue weighted by Crippen LogP contribution is 2.10. The molecule has 1 aromatic rings. The first-order chi connectivity index (χ1) is 8.59. The van der Waals surface area contributed by atoms with Crippen LogP contribution in [0.3, 0.4) is 0 Å². The predicted molar refractivity (Wildman–Crippen MR) is 67.8 cm³/mol. The standard InChI is InChI=1S/C10H19N5O2S/c1-9-10(8-12-14-9)18(16,17)13-4-7-15-5-2-11-3-6-15/h8,11,13H,2-7H2,1H3,(H,12,14). The third-order valence-electron chi connectivity index (χ3n) is 3.00. The van der Waals surface area contributed by atoms with Gasteiger partial charge in [-0.1, -0.05) is 0 Å². The molecule has 102 valence electrons. The smallest absolute Gasteiger partial charge is 0.243 e. The molecule has 1 aliphatic rings. The number of nitrogens with one attached hydrogen (secondary N) is 3. The zero-order valence-electron chi connectivity index (χ0n) is 10.4. The van der Waals surface area contributed by atoms with Gasteiger partial charge in [0.25, 0.3) is 0 Å². The maximum absolute atomic E-state index is 12.0. The number of piperazine rings is 1. The fourth-order valence-electron chi connectivity index (χ4n) is 1.96. The molecular formula is C10H19N5O2S. The molecule has 0 aliphatic carbocycles. The molecule has 0 atom stereocenters. The van der Waals surface area contributed by atoms with Crippen molar-refractivity contribution in [2.45, 2.75) is 11.8 Å². The van der Waals surface area contributed by atoms with Gasteiger partial charge in [-0.05, 0) is 6.92 Å². The number of aromatic nitrogens is 2. The Kier molecular flexibility index (Phi) is 4.33. The van der Waals surface area contributed by atoms with Crippen LogP contribution in [0.2, 0.25) is 0 Å². The van der Waals surface area contributed by atoms with E-state index in [1.807, 2.05) is 0 Å². The second kappa shape index (κ2) is 5.79. The van der Waals surface area contributed by atoms with Gasteiger partial charge < -0.3 is 5.32 Å². The molecule has 1 aliphatic heterocycles. The molecule has 7 nitrogen and oxygen atoms in total. The van der Waals surface area contributed by atoms with Crippen molar-refractivity contribution < 1.29 is 8.42 Å². The van der Waals surface area contributed by atoms with Crippen LogP contribution >= 0.6 is 0 Å². The number of hydrogen-bond donors (Lipinski definition) is 3. The summed E-state index contributed by atoms with van der Waals surface area (Å²) in [5, 5.41) is 9.61. The third kappa shape index (κ3) is 3.29. The van der Waals surface area contributed by atoms with Gasteiger partial charge in [0.2, 0.25) is 10.0 Å². The fraction of sp³-hybridized carbons (Fsp3) is 0.700. The summed E-state index contributed by atoms with van der Waals surface area (Å²) in [6.07, 6.45) is 1.34. The monoisotopic (exact) mass is 273 g/mol. The van der Waals surface area contributed by atoms with Crippen molar-refractivity contribution in [1.82, 2.24) is 25.1 Å². The van der Waals surface area contributed by atoms with Crippen molar-refractivity contribution in [1.29, 1.82) is 0 Å². The Morgan fingerprint density at radius 3 is 2.78 bits per heavy atom. The lowest BCUT2D eigenvalue weighted by molar-refractivity contribution is 0.245. The highest BCUT2D eigenvalue weighted by Gasteiger charge is 2.18. The maximum atomic E-state index is 12.0. The zero-order chi connectivity index (χ0) is 13.0. The molecule has 18 heavy (non-hydrogen) atoms. The molecule has 0 radical (unpaired) electrons. The van der Waals surface area contributed by atoms with E-state index in [-0.39, 0.29) is 4.90 Å². The molecule has 0 saturated carbocycles. The van der Waals surface area contributed by atoms with Crippen molar-refractivity contribution in [2.75, 3.05) is 39.3 Å². The molecule has 1 saturated heterocycles. The van der Waals surface area contributed by atoms with E-state index in [4.69, 9.17) is 0 Å². The van der Waals surface area contributed by atoms with Crippen LogP contribution in [0.25, 0.3) is 0 Å². The SMILES string of the molecule is Cc1[nH]ncc1S(=O)(=O)NCCN1CCNCC1. The Hall–Kier alpha value is -0.960. The molecule has 1 aromatic heterocycles. The van der Waals surface area contributed by atoms with Gasteiger partial charge in [-0.25, -0.2) is 13.1 Å². The summed E-state index contributed by atoms with van der Waals surface area (Å²) in [5.41, 5.74) is 0.560. The molecule has 0 amide bonds. The Balaban J connectivity index is 1.84. The summed E-state index contributed by atoms with van der Waals surface area (Å²) in [6, 6.07) is 0. The first kappa shape index (κ1) is 13.5. The quantitative estimate of drug-likeness (QED) is 0.634. The summed E-state index contributed by atoms with van der Waals surface area (Å²) in [5.74, 6) is 0. The van der Waals surface area contributed by atoms with E-state index in [1.165, 1.54) is 6.20 Å². The summed E-state index contributed by atoms with van der Waals surface area (Å²) in [6.45, 7) is 6.71. The predicted octanol–water partition coefficient (Wildman–Crippen LogP) is -1.10. The molecule has 1 fully saturated rings. The van der Waals surface area contributed by atoms with E-state index in [0.29, 0.717) is 12.2 Å². The Bertz CT molecular complexity index is 478. The van der Waals surface area contributed by atoms with Crippen molar-refractivity contribution >= 4 is 10.0 Å². The number of rotatable bonds is 5. The minimum atomic E-state index is -3.43. The van der Waals surface area contributed by atoms with Crippen molar-refractivity contribution in [3.8, 4) is 0 Å². The third-order valence-corrected chi connectivity index (χ3v) is 4.58. The second-order valence-corrected chi connectivity index (χ2v) is 6.08. The van der Waals surface area contributed by atoms with Gasteiger partial charge in [-0.2, -0.15) is 5.10 Å². The van der Waals surface area contributed by atoms with E-state index in [0.717, 1.165) is 32.7 Å². The molecule has 8 heteroatoms. The molecule has 3 N–H and O–H groups in total. The van der Waals surface area contributed by atoms with Crippen molar-refractivity contribution in [3.63, 3.8) is 0 Å². The van der Waals surface area contributed by atoms with E-state index >= 15 is 0 Å². The second-order valence-electron chi connectivity index (χ2n) is 4.35. The zero-order valence-corrected chi connectivity index (χ0v) is 11.3. The highest BCUT2D eigenvalue weighted by molar-refractivity contribution is 7.89. The van der Waals surface area contributed by atoms with Crippen LogP contribution in [0.4, 0.5) is 0 Å². The average Bonchev–Trinajstić information content (AvgIpc) is 2.77. The molecule has 0 spiro atoms. The average molecular weight is 273 g/mol. The summed E-state index contributed by atoms with van der Waals surface area (Å²) in [4.78, 5) is 2.46. The largest absolute Gasteiger partial charge is 0.314 e. The molecular weight excluding hydrogens is 254 g/mol. The lowest BCUT2D eigenvalue weighted by Gasteiger charge is -2.26. The molecule has 2 heterocycles. The summed E-state index contributed by atoms with van der Waals surface area (Å²) in [7, 11) is -3.43. The van der Waals surface area contributed by atoms with Crippen molar-refractivity contribution in [2.24, 2.45) is 0 Å². The summed E-state index contributed by atoms with van der Waals surface area (Å²) >= 11 is 0. The van der Waals surface area contributed by atoms with Crippen LogP contribution in [0, 0.1) is 6.92 Å². The van der Waals surface area contributed by atoms with Crippen LogP contribution in [0.5, 0.6) is 0 Å². The number of aryl methyl sites for hydroxylation is 1. The van der Waals surface area contributed by atoms with Crippen LogP contribution in [0.15, 0.2) is 11.1 Å². The molecule has 2 rings (SSSR count). The van der Waals surface area contributed by atoms with Crippen LogP contribution in [-0.2, 0) is 10.0 Å². The van der Waals surface area contributed by atoms with Gasteiger partial charge in [0.15, 0.2) is 0 Å². The molecule has 0 bridgehead atoms. The Labute approximate surface area is 107 Å². The van der Waals surface area contributed by atoms with Gasteiger partial charge in [0, 0.05) is 39.3 Å². The van der Waals surface area contributed by atoms with Crippen LogP contribution in [0.1, 0.15) is 5.69 Å². The highest BCUT2D eigenvalue weighted by atomic mass is 32.2. The number of nitrogens with zero attached hydrogens (tertiary/aromatic N) is 2. The topological polar surface area (TPSA) is 90.1 Å². The van der Waals surface area contributed by atoms with Gasteiger partial charge in [-0.3, -0.25) is 10.00 Å². The fourth-order valence-corrected chi connectivity index (χ4v) is 3.12. The van der Waals surface area contributed by atoms with Crippen LogP contribution in [-0.4, -0.2) is 62.8 Å². The van der Waals surface area contributed by atoms with E-state index in [1.54, 1.807) is 6.92 Å². The Morgan fingerprint density at radius 2 is 2.17 bits per heavy atom. The first-order valence-corrected chi connectivity index (χ1v) is 7.50. The number of sulfonamides is 1. The van der Waals surface area contributed by atoms with E-state index < -0.39 is 10.0 Å². The normalized spacial score (nSPS) is 18.1.